The molecule has 4 nitrogen and oxygen atoms in total. The Balaban J connectivity index is 1.54. The van der Waals surface area contributed by atoms with Crippen molar-refractivity contribution >= 4 is 23.4 Å². The van der Waals surface area contributed by atoms with Crippen LogP contribution < -0.4 is 10.9 Å². The molecule has 2 aliphatic rings. The Morgan fingerprint density at radius 2 is 1.73 bits per heavy atom. The Morgan fingerprint density at radius 1 is 1.07 bits per heavy atom. The van der Waals surface area contributed by atoms with Crippen LogP contribution in [-0.2, 0) is 4.79 Å². The number of nitrogens with one attached hydrogen (secondary N) is 1. The normalized spacial score (nSPS) is 18.6. The summed E-state index contributed by atoms with van der Waals surface area (Å²) < 4.78 is 17.0. The molecular formula is C24H21FN2O2S. The van der Waals surface area contributed by atoms with Gasteiger partial charge >= 0.3 is 0 Å². The predicted octanol–water partition coefficient (Wildman–Crippen LogP) is 5.07. The molecule has 6 heteroatoms. The lowest BCUT2D eigenvalue weighted by atomic mass is 9.96. The first-order valence-electron chi connectivity index (χ1n) is 10.1. The number of anilines is 1. The van der Waals surface area contributed by atoms with Gasteiger partial charge in [0.05, 0.1) is 5.03 Å². The topological polar surface area (TPSA) is 51.1 Å². The molecule has 3 aromatic rings. The summed E-state index contributed by atoms with van der Waals surface area (Å²) >= 11 is 1.49. The smallest absolute Gasteiger partial charge is 0.252 e. The minimum absolute atomic E-state index is 0.219. The summed E-state index contributed by atoms with van der Waals surface area (Å²) in [5.41, 5.74) is 2.29. The van der Waals surface area contributed by atoms with Gasteiger partial charge in [0.1, 0.15) is 6.04 Å². The average Bonchev–Trinajstić information content (AvgIpc) is 3.51. The number of carbonyl (C=O) groups is 1. The molecule has 2 aromatic carbocycles. The van der Waals surface area contributed by atoms with Gasteiger partial charge in [-0.2, -0.15) is 0 Å². The molecule has 1 saturated carbocycles. The third kappa shape index (κ3) is 3.45. The van der Waals surface area contributed by atoms with E-state index in [1.54, 1.807) is 28.8 Å². The molecule has 30 heavy (non-hydrogen) atoms. The van der Waals surface area contributed by atoms with Crippen LogP contribution in [0, 0.1) is 0 Å². The highest BCUT2D eigenvalue weighted by Gasteiger charge is 2.39. The Kier molecular flexibility index (Phi) is 4.95. The first-order chi connectivity index (χ1) is 14.6. The first kappa shape index (κ1) is 19.1. The molecular weight excluding hydrogens is 399 g/mol. The molecule has 1 aromatic heterocycles. The van der Waals surface area contributed by atoms with Crippen LogP contribution in [0.25, 0.3) is 0 Å². The lowest BCUT2D eigenvalue weighted by molar-refractivity contribution is -0.118. The van der Waals surface area contributed by atoms with Gasteiger partial charge in [-0.25, -0.2) is 4.39 Å². The second-order valence-corrected chi connectivity index (χ2v) is 8.77. The summed E-state index contributed by atoms with van der Waals surface area (Å²) in [6.45, 7) is 0. The molecule has 5 rings (SSSR count). The molecule has 0 saturated heterocycles. The van der Waals surface area contributed by atoms with Gasteiger partial charge in [0.25, 0.3) is 5.56 Å². The molecule has 2 unspecified atom stereocenters. The van der Waals surface area contributed by atoms with Crippen molar-refractivity contribution in [1.82, 2.24) is 4.57 Å². The Morgan fingerprint density at radius 3 is 2.40 bits per heavy atom. The Labute approximate surface area is 178 Å². The molecule has 2 atom stereocenters. The monoisotopic (exact) mass is 420 g/mol. The van der Waals surface area contributed by atoms with Gasteiger partial charge in [0.2, 0.25) is 5.91 Å². The van der Waals surface area contributed by atoms with Gasteiger partial charge in [-0.05, 0) is 42.0 Å². The lowest BCUT2D eigenvalue weighted by Gasteiger charge is -2.19. The second kappa shape index (κ2) is 7.76. The summed E-state index contributed by atoms with van der Waals surface area (Å²) in [4.78, 5) is 25.9. The summed E-state index contributed by atoms with van der Waals surface area (Å²) in [5, 5.41) is 3.65. The number of amides is 1. The molecule has 1 N–H and O–H groups in total. The molecule has 1 aliphatic carbocycles. The number of hydrogen-bond acceptors (Lipinski definition) is 3. The minimum atomic E-state index is -1.35. The minimum Gasteiger partial charge on any atom is -0.324 e. The van der Waals surface area contributed by atoms with E-state index < -0.39 is 12.2 Å². The molecule has 1 aliphatic heterocycles. The van der Waals surface area contributed by atoms with Crippen LogP contribution in [0.3, 0.4) is 0 Å². The molecule has 0 radical (unpaired) electrons. The largest absolute Gasteiger partial charge is 0.324 e. The maximum Gasteiger partial charge on any atom is 0.252 e. The van der Waals surface area contributed by atoms with Gasteiger partial charge < -0.3 is 5.32 Å². The van der Waals surface area contributed by atoms with Crippen LogP contribution in [0.5, 0.6) is 0 Å². The molecule has 2 heterocycles. The van der Waals surface area contributed by atoms with Crippen molar-refractivity contribution in [3.8, 4) is 0 Å². The molecule has 0 bridgehead atoms. The van der Waals surface area contributed by atoms with Crippen LogP contribution in [0.15, 0.2) is 76.6 Å². The fourth-order valence-corrected chi connectivity index (χ4v) is 5.45. The summed E-state index contributed by atoms with van der Waals surface area (Å²) in [6, 6.07) is 19.0. The quantitative estimate of drug-likeness (QED) is 0.627. The summed E-state index contributed by atoms with van der Waals surface area (Å²) in [6.07, 6.45) is 0.626. The first-order valence-corrected chi connectivity index (χ1v) is 11.1. The number of rotatable bonds is 5. The van der Waals surface area contributed by atoms with Crippen LogP contribution in [0.2, 0.25) is 0 Å². The van der Waals surface area contributed by atoms with Crippen molar-refractivity contribution in [3.05, 3.63) is 93.8 Å². The van der Waals surface area contributed by atoms with E-state index in [0.717, 1.165) is 23.4 Å². The van der Waals surface area contributed by atoms with Crippen molar-refractivity contribution in [1.29, 1.82) is 0 Å². The maximum atomic E-state index is 15.5. The number of nitrogens with zero attached hydrogens (tertiary/aromatic N) is 1. The van der Waals surface area contributed by atoms with Crippen molar-refractivity contribution in [2.24, 2.45) is 0 Å². The van der Waals surface area contributed by atoms with Crippen molar-refractivity contribution < 1.29 is 9.18 Å². The number of alkyl halides is 1. The fourth-order valence-electron chi connectivity index (χ4n) is 4.04. The van der Waals surface area contributed by atoms with E-state index in [1.165, 1.54) is 17.8 Å². The van der Waals surface area contributed by atoms with Crippen molar-refractivity contribution in [2.45, 2.75) is 36.0 Å². The van der Waals surface area contributed by atoms with E-state index in [-0.39, 0.29) is 17.4 Å². The number of carbonyl (C=O) groups excluding carboxylic acids is 1. The van der Waals surface area contributed by atoms with Crippen molar-refractivity contribution in [2.75, 3.05) is 11.1 Å². The van der Waals surface area contributed by atoms with E-state index in [1.807, 2.05) is 36.4 Å². The van der Waals surface area contributed by atoms with Gasteiger partial charge in [-0.1, -0.05) is 48.5 Å². The number of halogens is 1. The van der Waals surface area contributed by atoms with Gasteiger partial charge in [0, 0.05) is 23.1 Å². The summed E-state index contributed by atoms with van der Waals surface area (Å²) in [5.74, 6) is 0.510. The highest BCUT2D eigenvalue weighted by Crippen LogP contribution is 2.50. The van der Waals surface area contributed by atoms with Crippen molar-refractivity contribution in [3.63, 3.8) is 0 Å². The molecule has 1 fully saturated rings. The van der Waals surface area contributed by atoms with E-state index in [9.17, 15) is 9.59 Å². The summed E-state index contributed by atoms with van der Waals surface area (Å²) in [7, 11) is 0. The number of hydrogen-bond donors (Lipinski definition) is 1. The SMILES string of the molecule is O=C(Nc1ccccc1)C1CSc2c(C3CC3)c(C(F)c3ccccc3)cc(=O)n21. The van der Waals surface area contributed by atoms with E-state index in [4.69, 9.17) is 0 Å². The van der Waals surface area contributed by atoms with E-state index in [0.29, 0.717) is 22.6 Å². The van der Waals surface area contributed by atoms with Crippen LogP contribution in [0.1, 0.15) is 47.7 Å². The van der Waals surface area contributed by atoms with Crippen LogP contribution in [-0.4, -0.2) is 16.2 Å². The highest BCUT2D eigenvalue weighted by atomic mass is 32.2. The zero-order valence-electron chi connectivity index (χ0n) is 16.3. The number of thioether (sulfide) groups is 1. The number of fused-ring (bicyclic) bond motifs is 1. The van der Waals surface area contributed by atoms with Gasteiger partial charge in [0.15, 0.2) is 6.17 Å². The fraction of sp³-hybridized carbons (Fsp3) is 0.250. The highest BCUT2D eigenvalue weighted by molar-refractivity contribution is 7.99. The van der Waals surface area contributed by atoms with Gasteiger partial charge in [-0.15, -0.1) is 11.8 Å². The number of para-hydroxylation sites is 1. The zero-order chi connectivity index (χ0) is 20.7. The van der Waals surface area contributed by atoms with Crippen LogP contribution >= 0.6 is 11.8 Å². The lowest BCUT2D eigenvalue weighted by Crippen LogP contribution is -2.33. The number of aromatic nitrogens is 1. The molecule has 0 spiro atoms. The van der Waals surface area contributed by atoms with E-state index >= 15 is 4.39 Å². The second-order valence-electron chi connectivity index (χ2n) is 7.76. The van der Waals surface area contributed by atoms with Crippen LogP contribution in [0.4, 0.5) is 10.1 Å². The average molecular weight is 421 g/mol. The number of pyridine rings is 1. The zero-order valence-corrected chi connectivity index (χ0v) is 17.1. The third-order valence-corrected chi connectivity index (χ3v) is 6.83. The maximum absolute atomic E-state index is 15.5. The van der Waals surface area contributed by atoms with E-state index in [2.05, 4.69) is 5.32 Å². The Bertz CT molecular complexity index is 1140. The standard InChI is InChI=1S/C24H21FN2O2S/c25-22(16-7-3-1-4-8-16)18-13-20(28)27-19(14-30-24(27)21(18)15-11-12-15)23(29)26-17-9-5-2-6-10-17/h1-10,13,15,19,22H,11-12,14H2,(H,26,29). The Hall–Kier alpha value is -2.86. The molecule has 1 amide bonds. The third-order valence-electron chi connectivity index (χ3n) is 5.66. The van der Waals surface area contributed by atoms with Gasteiger partial charge in [-0.3, -0.25) is 14.2 Å². The molecule has 152 valence electrons. The predicted molar refractivity (Wildman–Crippen MR) is 117 cm³/mol. The number of benzene rings is 2.